The number of hydrogen-bond acceptors (Lipinski definition) is 6. The molecule has 0 saturated heterocycles. The zero-order valence-corrected chi connectivity index (χ0v) is 13.9. The highest BCUT2D eigenvalue weighted by molar-refractivity contribution is 7.10. The van der Waals surface area contributed by atoms with E-state index in [1.807, 2.05) is 30.2 Å². The average molecular weight is 330 g/mol. The molecule has 6 nitrogen and oxygen atoms in total. The number of nitrogens with zero attached hydrogens (tertiary/aromatic N) is 3. The first-order chi connectivity index (χ1) is 10.1. The minimum absolute atomic E-state index is 0.212. The molecule has 2 aromatic rings. The standard InChI is InChI=1S/C13H20ClN5OS/c1-18(2)4-5-19-13(10(14)7-16-19)12(17-15)11-6-9(20-3)8-21-11/h6-8,12,17H,4-5,15H2,1-3H3. The third-order valence-corrected chi connectivity index (χ3v) is 4.42. The Bertz CT molecular complexity index is 583. The monoisotopic (exact) mass is 329 g/mol. The van der Waals surface area contributed by atoms with E-state index in [0.717, 1.165) is 29.4 Å². The molecular formula is C13H20ClN5OS. The second-order valence-electron chi connectivity index (χ2n) is 4.89. The molecule has 116 valence electrons. The van der Waals surface area contributed by atoms with Crippen LogP contribution < -0.4 is 16.0 Å². The second kappa shape index (κ2) is 7.24. The molecule has 1 atom stereocenters. The van der Waals surface area contributed by atoms with Gasteiger partial charge in [-0.3, -0.25) is 10.5 Å². The molecule has 0 spiro atoms. The molecular weight excluding hydrogens is 310 g/mol. The number of hydrogen-bond donors (Lipinski definition) is 2. The van der Waals surface area contributed by atoms with Crippen molar-refractivity contribution in [2.45, 2.75) is 12.6 Å². The van der Waals surface area contributed by atoms with E-state index in [9.17, 15) is 0 Å². The molecule has 1 unspecified atom stereocenters. The van der Waals surface area contributed by atoms with Gasteiger partial charge >= 0.3 is 0 Å². The van der Waals surface area contributed by atoms with Crippen molar-refractivity contribution in [3.8, 4) is 5.75 Å². The van der Waals surface area contributed by atoms with Crippen LogP contribution in [0.4, 0.5) is 0 Å². The minimum Gasteiger partial charge on any atom is -0.496 e. The van der Waals surface area contributed by atoms with Crippen LogP contribution in [-0.2, 0) is 6.54 Å². The zero-order valence-electron chi connectivity index (χ0n) is 12.3. The van der Waals surface area contributed by atoms with Gasteiger partial charge in [0, 0.05) is 16.8 Å². The molecule has 0 aliphatic carbocycles. The highest BCUT2D eigenvalue weighted by atomic mass is 35.5. The molecule has 8 heteroatoms. The molecule has 0 aliphatic heterocycles. The van der Waals surface area contributed by atoms with Gasteiger partial charge in [-0.05, 0) is 20.2 Å². The summed E-state index contributed by atoms with van der Waals surface area (Å²) in [6.45, 7) is 1.62. The summed E-state index contributed by atoms with van der Waals surface area (Å²) in [4.78, 5) is 3.13. The smallest absolute Gasteiger partial charge is 0.129 e. The quantitative estimate of drug-likeness (QED) is 0.598. The van der Waals surface area contributed by atoms with Gasteiger partial charge in [0.05, 0.1) is 36.6 Å². The Kier molecular flexibility index (Phi) is 5.60. The van der Waals surface area contributed by atoms with Gasteiger partial charge in [0.1, 0.15) is 5.75 Å². The molecule has 0 aromatic carbocycles. The fourth-order valence-electron chi connectivity index (χ4n) is 2.02. The molecule has 3 N–H and O–H groups in total. The largest absolute Gasteiger partial charge is 0.496 e. The van der Waals surface area contributed by atoms with Gasteiger partial charge in [0.15, 0.2) is 0 Å². The van der Waals surface area contributed by atoms with Crippen molar-refractivity contribution in [3.05, 3.63) is 33.2 Å². The van der Waals surface area contributed by atoms with Gasteiger partial charge in [0.25, 0.3) is 0 Å². The summed E-state index contributed by atoms with van der Waals surface area (Å²) < 4.78 is 7.11. The average Bonchev–Trinajstić information content (AvgIpc) is 3.06. The van der Waals surface area contributed by atoms with E-state index >= 15 is 0 Å². The number of nitrogens with one attached hydrogen (secondary N) is 1. The lowest BCUT2D eigenvalue weighted by Crippen LogP contribution is -2.31. The molecule has 2 heterocycles. The second-order valence-corrected chi connectivity index (χ2v) is 6.24. The fourth-order valence-corrected chi connectivity index (χ4v) is 3.19. The first-order valence-electron chi connectivity index (χ1n) is 6.51. The van der Waals surface area contributed by atoms with E-state index in [2.05, 4.69) is 15.4 Å². The van der Waals surface area contributed by atoms with Crippen LogP contribution in [0.2, 0.25) is 5.02 Å². The van der Waals surface area contributed by atoms with Crippen LogP contribution in [0.15, 0.2) is 17.6 Å². The van der Waals surface area contributed by atoms with E-state index in [1.54, 1.807) is 24.6 Å². The Hall–Kier alpha value is -1.12. The molecule has 2 rings (SSSR count). The van der Waals surface area contributed by atoms with E-state index in [-0.39, 0.29) is 6.04 Å². The summed E-state index contributed by atoms with van der Waals surface area (Å²) in [6, 6.07) is 1.74. The molecule has 0 fully saturated rings. The van der Waals surface area contributed by atoms with Gasteiger partial charge in [-0.1, -0.05) is 11.6 Å². The Morgan fingerprint density at radius 1 is 1.57 bits per heavy atom. The van der Waals surface area contributed by atoms with Crippen molar-refractivity contribution in [1.82, 2.24) is 20.1 Å². The highest BCUT2D eigenvalue weighted by Gasteiger charge is 2.23. The Labute approximate surface area is 133 Å². The Balaban J connectivity index is 2.30. The molecule has 0 saturated carbocycles. The van der Waals surface area contributed by atoms with Crippen molar-refractivity contribution in [3.63, 3.8) is 0 Å². The number of halogens is 1. The van der Waals surface area contributed by atoms with E-state index in [1.165, 1.54) is 0 Å². The summed E-state index contributed by atoms with van der Waals surface area (Å²) in [5, 5.41) is 6.88. The number of ether oxygens (including phenoxy) is 1. The lowest BCUT2D eigenvalue weighted by atomic mass is 10.1. The van der Waals surface area contributed by atoms with Gasteiger partial charge in [-0.25, -0.2) is 5.43 Å². The summed E-state index contributed by atoms with van der Waals surface area (Å²) >= 11 is 7.87. The van der Waals surface area contributed by atoms with E-state index in [0.29, 0.717) is 5.02 Å². The molecule has 0 bridgehead atoms. The number of rotatable bonds is 7. The Morgan fingerprint density at radius 2 is 2.33 bits per heavy atom. The summed E-state index contributed by atoms with van der Waals surface area (Å²) in [5.74, 6) is 6.56. The number of likely N-dealkylation sites (N-methyl/N-ethyl adjacent to an activating group) is 1. The molecule has 21 heavy (non-hydrogen) atoms. The molecule has 0 aliphatic rings. The fraction of sp³-hybridized carbons (Fsp3) is 0.462. The number of methoxy groups -OCH3 is 1. The number of aromatic nitrogens is 2. The number of nitrogens with two attached hydrogens (primary N) is 1. The lowest BCUT2D eigenvalue weighted by molar-refractivity contribution is 0.366. The maximum absolute atomic E-state index is 6.31. The van der Waals surface area contributed by atoms with Gasteiger partial charge < -0.3 is 9.64 Å². The predicted molar refractivity (Wildman–Crippen MR) is 85.8 cm³/mol. The van der Waals surface area contributed by atoms with Crippen LogP contribution in [0.1, 0.15) is 16.6 Å². The van der Waals surface area contributed by atoms with Crippen molar-refractivity contribution < 1.29 is 4.74 Å². The van der Waals surface area contributed by atoms with Crippen molar-refractivity contribution in [2.75, 3.05) is 27.7 Å². The lowest BCUT2D eigenvalue weighted by Gasteiger charge is -2.18. The van der Waals surface area contributed by atoms with Crippen LogP contribution in [0.5, 0.6) is 5.75 Å². The van der Waals surface area contributed by atoms with Crippen LogP contribution in [0, 0.1) is 0 Å². The number of hydrazine groups is 1. The third-order valence-electron chi connectivity index (χ3n) is 3.15. The molecule has 0 radical (unpaired) electrons. The summed E-state index contributed by atoms with van der Waals surface area (Å²) in [6.07, 6.45) is 1.65. The van der Waals surface area contributed by atoms with Gasteiger partial charge in [-0.2, -0.15) is 5.10 Å². The third kappa shape index (κ3) is 3.75. The molecule has 0 amide bonds. The SMILES string of the molecule is COc1csc(C(NN)c2c(Cl)cnn2CCN(C)C)c1. The van der Waals surface area contributed by atoms with Gasteiger partial charge in [0.2, 0.25) is 0 Å². The van der Waals surface area contributed by atoms with E-state index in [4.69, 9.17) is 22.2 Å². The Morgan fingerprint density at radius 3 is 2.90 bits per heavy atom. The van der Waals surface area contributed by atoms with Crippen LogP contribution in [0.3, 0.4) is 0 Å². The summed E-state index contributed by atoms with van der Waals surface area (Å²) in [5.41, 5.74) is 3.69. The normalized spacial score (nSPS) is 12.9. The predicted octanol–water partition coefficient (Wildman–Crippen LogP) is 1.72. The number of thiophene rings is 1. The highest BCUT2D eigenvalue weighted by Crippen LogP contribution is 2.33. The van der Waals surface area contributed by atoms with Crippen LogP contribution in [-0.4, -0.2) is 42.4 Å². The topological polar surface area (TPSA) is 68.3 Å². The first-order valence-corrected chi connectivity index (χ1v) is 7.77. The summed E-state index contributed by atoms with van der Waals surface area (Å²) in [7, 11) is 5.69. The van der Waals surface area contributed by atoms with E-state index < -0.39 is 0 Å². The first kappa shape index (κ1) is 16.3. The molecule has 2 aromatic heterocycles. The zero-order chi connectivity index (χ0) is 15.4. The maximum Gasteiger partial charge on any atom is 0.129 e. The van der Waals surface area contributed by atoms with Crippen LogP contribution >= 0.6 is 22.9 Å². The minimum atomic E-state index is -0.212. The van der Waals surface area contributed by atoms with Gasteiger partial charge in [-0.15, -0.1) is 11.3 Å². The van der Waals surface area contributed by atoms with Crippen LogP contribution in [0.25, 0.3) is 0 Å². The maximum atomic E-state index is 6.31. The van der Waals surface area contributed by atoms with Crippen molar-refractivity contribution in [1.29, 1.82) is 0 Å². The van der Waals surface area contributed by atoms with Crippen molar-refractivity contribution >= 4 is 22.9 Å². The van der Waals surface area contributed by atoms with Crippen molar-refractivity contribution in [2.24, 2.45) is 5.84 Å².